The van der Waals surface area contributed by atoms with E-state index in [2.05, 4.69) is 46.4 Å². The smallest absolute Gasteiger partial charge is 0.161 e. The summed E-state index contributed by atoms with van der Waals surface area (Å²) in [5.41, 5.74) is 1.92. The molecule has 5 heteroatoms. The molecule has 1 aromatic heterocycles. The molecule has 0 aliphatic heterocycles. The summed E-state index contributed by atoms with van der Waals surface area (Å²) in [6.07, 6.45) is 0.888. The second-order valence-electron chi connectivity index (χ2n) is 5.16. The summed E-state index contributed by atoms with van der Waals surface area (Å²) in [4.78, 5) is 9.09. The first-order valence-corrected chi connectivity index (χ1v) is 8.42. The Labute approximate surface area is 144 Å². The summed E-state index contributed by atoms with van der Waals surface area (Å²) < 4.78 is 6.46. The van der Waals surface area contributed by atoms with E-state index in [1.54, 1.807) is 0 Å². The minimum absolute atomic E-state index is 0.512. The molecule has 0 aliphatic carbocycles. The Morgan fingerprint density at radius 1 is 1.29 bits per heavy atom. The van der Waals surface area contributed by atoms with Gasteiger partial charge in [-0.1, -0.05) is 37.6 Å². The molecule has 21 heavy (non-hydrogen) atoms. The van der Waals surface area contributed by atoms with Crippen LogP contribution in [0.4, 0.5) is 0 Å². The highest BCUT2D eigenvalue weighted by Crippen LogP contribution is 2.27. The van der Waals surface area contributed by atoms with Gasteiger partial charge in [0.15, 0.2) is 5.82 Å². The van der Waals surface area contributed by atoms with Crippen LogP contribution >= 0.6 is 34.2 Å². The first-order valence-electron chi connectivity index (χ1n) is 6.96. The van der Waals surface area contributed by atoms with Crippen molar-refractivity contribution in [3.63, 3.8) is 0 Å². The van der Waals surface area contributed by atoms with E-state index in [1.165, 1.54) is 0 Å². The highest BCUT2D eigenvalue weighted by Gasteiger charge is 2.13. The number of hydrogen-bond donors (Lipinski definition) is 0. The molecule has 0 spiro atoms. The summed E-state index contributed by atoms with van der Waals surface area (Å²) in [6, 6.07) is 7.79. The van der Waals surface area contributed by atoms with Gasteiger partial charge in [-0.15, -0.1) is 0 Å². The highest BCUT2D eigenvalue weighted by molar-refractivity contribution is 14.1. The van der Waals surface area contributed by atoms with E-state index in [0.29, 0.717) is 23.5 Å². The van der Waals surface area contributed by atoms with Gasteiger partial charge in [-0.3, -0.25) is 0 Å². The molecule has 0 radical (unpaired) electrons. The van der Waals surface area contributed by atoms with Crippen LogP contribution in [0.1, 0.15) is 26.5 Å². The Kier molecular flexibility index (Phi) is 5.81. The molecule has 1 heterocycles. The van der Waals surface area contributed by atoms with Gasteiger partial charge in [0.1, 0.15) is 10.9 Å². The maximum atomic E-state index is 6.26. The van der Waals surface area contributed by atoms with Gasteiger partial charge in [0.05, 0.1) is 15.9 Å². The second kappa shape index (κ2) is 7.40. The van der Waals surface area contributed by atoms with Crippen LogP contribution in [0.2, 0.25) is 5.15 Å². The fraction of sp³-hybridized carbons (Fsp3) is 0.375. The number of hydrogen-bond acceptors (Lipinski definition) is 3. The van der Waals surface area contributed by atoms with E-state index in [9.17, 15) is 0 Å². The standard InChI is InChI=1S/C16H18ClIN2O/c1-4-21-12-7-5-6-11(9-12)16-19-13(8-10(2)3)14(18)15(17)20-16/h5-7,9-10H,4,8H2,1-3H3. The fourth-order valence-electron chi connectivity index (χ4n) is 2.01. The Balaban J connectivity index is 2.44. The Morgan fingerprint density at radius 3 is 2.71 bits per heavy atom. The van der Waals surface area contributed by atoms with Crippen molar-refractivity contribution in [2.24, 2.45) is 5.92 Å². The lowest BCUT2D eigenvalue weighted by molar-refractivity contribution is 0.340. The highest BCUT2D eigenvalue weighted by atomic mass is 127. The van der Waals surface area contributed by atoms with Crippen molar-refractivity contribution in [1.82, 2.24) is 9.97 Å². The third-order valence-electron chi connectivity index (χ3n) is 2.88. The van der Waals surface area contributed by atoms with Gasteiger partial charge in [-0.25, -0.2) is 9.97 Å². The van der Waals surface area contributed by atoms with Crippen LogP contribution in [-0.2, 0) is 6.42 Å². The van der Waals surface area contributed by atoms with Gasteiger partial charge in [0.25, 0.3) is 0 Å². The maximum Gasteiger partial charge on any atom is 0.161 e. The number of aromatic nitrogens is 2. The molecule has 0 aliphatic rings. The lowest BCUT2D eigenvalue weighted by atomic mass is 10.1. The number of ether oxygens (including phenoxy) is 1. The average molecular weight is 417 g/mol. The van der Waals surface area contributed by atoms with Crippen molar-refractivity contribution in [3.05, 3.63) is 38.7 Å². The minimum atomic E-state index is 0.512. The van der Waals surface area contributed by atoms with Crippen molar-refractivity contribution >= 4 is 34.2 Å². The SMILES string of the molecule is CCOc1cccc(-c2nc(Cl)c(I)c(CC(C)C)n2)c1. The molecule has 0 saturated heterocycles. The van der Waals surface area contributed by atoms with Gasteiger partial charge in [-0.05, 0) is 54.0 Å². The minimum Gasteiger partial charge on any atom is -0.494 e. The van der Waals surface area contributed by atoms with E-state index in [4.69, 9.17) is 16.3 Å². The Hall–Kier alpha value is -0.880. The maximum absolute atomic E-state index is 6.26. The van der Waals surface area contributed by atoms with Gasteiger partial charge in [0, 0.05) is 5.56 Å². The molecule has 0 fully saturated rings. The quantitative estimate of drug-likeness (QED) is 0.508. The molecule has 1 aromatic carbocycles. The van der Waals surface area contributed by atoms with Crippen LogP contribution in [0.3, 0.4) is 0 Å². The number of nitrogens with zero attached hydrogens (tertiary/aromatic N) is 2. The predicted molar refractivity (Wildman–Crippen MR) is 94.9 cm³/mol. The van der Waals surface area contributed by atoms with Crippen molar-refractivity contribution in [2.75, 3.05) is 6.61 Å². The summed E-state index contributed by atoms with van der Waals surface area (Å²) in [7, 11) is 0. The average Bonchev–Trinajstić information content (AvgIpc) is 2.44. The number of rotatable bonds is 5. The summed E-state index contributed by atoms with van der Waals surface area (Å²) in [5.74, 6) is 1.99. The third kappa shape index (κ3) is 4.30. The van der Waals surface area contributed by atoms with Crippen LogP contribution < -0.4 is 4.74 Å². The first-order chi connectivity index (χ1) is 10.0. The summed E-state index contributed by atoms with van der Waals surface area (Å²) in [6.45, 7) is 6.94. The van der Waals surface area contributed by atoms with Crippen molar-refractivity contribution in [2.45, 2.75) is 27.2 Å². The molecule has 0 unspecified atom stereocenters. The predicted octanol–water partition coefficient (Wildman–Crippen LogP) is 5.00. The van der Waals surface area contributed by atoms with Gasteiger partial charge in [-0.2, -0.15) is 0 Å². The normalized spacial score (nSPS) is 11.0. The zero-order valence-corrected chi connectivity index (χ0v) is 15.3. The lowest BCUT2D eigenvalue weighted by Crippen LogP contribution is -2.04. The van der Waals surface area contributed by atoms with Crippen molar-refractivity contribution in [3.8, 4) is 17.1 Å². The van der Waals surface area contributed by atoms with Crippen LogP contribution in [0.25, 0.3) is 11.4 Å². The Bertz CT molecular complexity index is 632. The topological polar surface area (TPSA) is 35.0 Å². The Morgan fingerprint density at radius 2 is 2.05 bits per heavy atom. The molecular formula is C16H18ClIN2O. The molecule has 0 N–H and O–H groups in total. The summed E-state index contributed by atoms with van der Waals surface area (Å²) >= 11 is 8.48. The number of benzene rings is 1. The molecule has 0 saturated carbocycles. The van der Waals surface area contributed by atoms with Gasteiger partial charge < -0.3 is 4.74 Å². The largest absolute Gasteiger partial charge is 0.494 e. The molecular weight excluding hydrogens is 399 g/mol. The first kappa shape index (κ1) is 16.5. The molecule has 3 nitrogen and oxygen atoms in total. The zero-order valence-electron chi connectivity index (χ0n) is 12.4. The molecule has 0 amide bonds. The fourth-order valence-corrected chi connectivity index (χ4v) is 2.66. The van der Waals surface area contributed by atoms with Crippen LogP contribution in [0, 0.1) is 9.49 Å². The second-order valence-corrected chi connectivity index (χ2v) is 6.59. The van der Waals surface area contributed by atoms with Crippen LogP contribution in [0.15, 0.2) is 24.3 Å². The molecule has 0 bridgehead atoms. The van der Waals surface area contributed by atoms with E-state index in [-0.39, 0.29) is 0 Å². The van der Waals surface area contributed by atoms with Crippen molar-refractivity contribution < 1.29 is 4.74 Å². The van der Waals surface area contributed by atoms with E-state index < -0.39 is 0 Å². The molecule has 2 rings (SSSR count). The third-order valence-corrected chi connectivity index (χ3v) is 4.61. The van der Waals surface area contributed by atoms with E-state index in [0.717, 1.165) is 27.0 Å². The number of halogens is 2. The van der Waals surface area contributed by atoms with Crippen LogP contribution in [0.5, 0.6) is 5.75 Å². The molecule has 2 aromatic rings. The monoisotopic (exact) mass is 416 g/mol. The van der Waals surface area contributed by atoms with E-state index >= 15 is 0 Å². The van der Waals surface area contributed by atoms with Crippen LogP contribution in [-0.4, -0.2) is 16.6 Å². The van der Waals surface area contributed by atoms with Gasteiger partial charge in [0.2, 0.25) is 0 Å². The van der Waals surface area contributed by atoms with Crippen molar-refractivity contribution in [1.29, 1.82) is 0 Å². The molecule has 0 atom stereocenters. The lowest BCUT2D eigenvalue weighted by Gasteiger charge is -2.11. The van der Waals surface area contributed by atoms with Gasteiger partial charge >= 0.3 is 0 Å². The zero-order chi connectivity index (χ0) is 15.4. The summed E-state index contributed by atoms with van der Waals surface area (Å²) in [5, 5.41) is 0.512. The molecule has 112 valence electrons. The van der Waals surface area contributed by atoms with E-state index in [1.807, 2.05) is 31.2 Å².